The Morgan fingerprint density at radius 2 is 2.05 bits per heavy atom. The third-order valence-electron chi connectivity index (χ3n) is 3.92. The molecule has 2 atom stereocenters. The topological polar surface area (TPSA) is 17.8 Å². The van der Waals surface area contributed by atoms with Crippen LogP contribution in [0.3, 0.4) is 0 Å². The number of benzene rings is 1. The van der Waals surface area contributed by atoms with Gasteiger partial charge in [-0.2, -0.15) is 0 Å². The summed E-state index contributed by atoms with van der Waals surface area (Å²) in [7, 11) is 0. The lowest BCUT2D eigenvalue weighted by Gasteiger charge is -2.20. The summed E-state index contributed by atoms with van der Waals surface area (Å²) in [6, 6.07) is 6.30. The van der Waals surface area contributed by atoms with Crippen LogP contribution in [0, 0.1) is 5.92 Å². The van der Waals surface area contributed by atoms with Gasteiger partial charge >= 0.3 is 0 Å². The zero-order chi connectivity index (χ0) is 14.7. The monoisotopic (exact) mass is 312 g/mol. The van der Waals surface area contributed by atoms with Crippen LogP contribution < -0.4 is 0 Å². The number of nitrogens with zero attached hydrogens (tertiary/aromatic N) is 2. The second-order valence-electron chi connectivity index (χ2n) is 5.57. The van der Waals surface area contributed by atoms with E-state index in [1.807, 2.05) is 18.2 Å². The third kappa shape index (κ3) is 3.29. The second-order valence-corrected chi connectivity index (χ2v) is 6.38. The lowest BCUT2D eigenvalue weighted by atomic mass is 10.00. The first-order valence-electron chi connectivity index (χ1n) is 7.29. The van der Waals surface area contributed by atoms with E-state index in [-0.39, 0.29) is 0 Å². The zero-order valence-electron chi connectivity index (χ0n) is 12.4. The Labute approximate surface area is 131 Å². The van der Waals surface area contributed by atoms with Crippen molar-refractivity contribution in [2.24, 2.45) is 5.92 Å². The van der Waals surface area contributed by atoms with E-state index in [0.29, 0.717) is 17.8 Å². The number of imidazole rings is 1. The molecule has 1 heterocycles. The molecule has 1 aromatic heterocycles. The number of aromatic nitrogens is 2. The molecule has 2 nitrogen and oxygen atoms in total. The van der Waals surface area contributed by atoms with Gasteiger partial charge in [-0.1, -0.05) is 31.9 Å². The number of hydrogen-bond acceptors (Lipinski definition) is 1. The molecule has 0 aliphatic carbocycles. The molecule has 2 aromatic rings. The average Bonchev–Trinajstić information content (AvgIpc) is 2.76. The first-order valence-corrected chi connectivity index (χ1v) is 8.20. The second kappa shape index (κ2) is 6.82. The van der Waals surface area contributed by atoms with Crippen LogP contribution in [-0.4, -0.2) is 15.4 Å². The molecular formula is C16H22Cl2N2. The average molecular weight is 313 g/mol. The van der Waals surface area contributed by atoms with Gasteiger partial charge in [0.05, 0.1) is 11.0 Å². The summed E-state index contributed by atoms with van der Waals surface area (Å²) in [5.41, 5.74) is 2.12. The van der Waals surface area contributed by atoms with Crippen LogP contribution in [0.2, 0.25) is 5.02 Å². The minimum atomic E-state index is 0.409. The number of aryl methyl sites for hydroxylation is 1. The molecule has 0 spiro atoms. The van der Waals surface area contributed by atoms with E-state index in [9.17, 15) is 0 Å². The Bertz CT molecular complexity index is 577. The van der Waals surface area contributed by atoms with Crippen molar-refractivity contribution in [3.63, 3.8) is 0 Å². The molecule has 0 amide bonds. The number of hydrogen-bond donors (Lipinski definition) is 0. The molecular weight excluding hydrogens is 291 g/mol. The van der Waals surface area contributed by atoms with Crippen LogP contribution >= 0.6 is 23.2 Å². The highest BCUT2D eigenvalue weighted by Gasteiger charge is 2.17. The quantitative estimate of drug-likeness (QED) is 0.647. The van der Waals surface area contributed by atoms with Crippen molar-refractivity contribution in [3.05, 3.63) is 29.0 Å². The SMILES string of the molecule is CCC(C)CC(C)n1c(CCCl)nc2ccc(Cl)cc21. The fourth-order valence-corrected chi connectivity index (χ4v) is 3.06. The van der Waals surface area contributed by atoms with Gasteiger partial charge in [0, 0.05) is 23.4 Å². The standard InChI is InChI=1S/C16H22Cl2N2/c1-4-11(2)9-12(3)20-15-10-13(18)5-6-14(15)19-16(20)7-8-17/h5-6,10-12H,4,7-9H2,1-3H3. The molecule has 0 radical (unpaired) electrons. The van der Waals surface area contributed by atoms with E-state index in [2.05, 4.69) is 25.3 Å². The Balaban J connectivity index is 2.46. The minimum Gasteiger partial charge on any atom is -0.325 e. The Morgan fingerprint density at radius 3 is 2.70 bits per heavy atom. The molecule has 2 rings (SSSR count). The molecule has 0 saturated heterocycles. The number of rotatable bonds is 6. The number of fused-ring (bicyclic) bond motifs is 1. The van der Waals surface area contributed by atoms with Crippen molar-refractivity contribution in [3.8, 4) is 0 Å². The van der Waals surface area contributed by atoms with E-state index in [1.165, 1.54) is 6.42 Å². The predicted molar refractivity (Wildman–Crippen MR) is 88.0 cm³/mol. The fourth-order valence-electron chi connectivity index (χ4n) is 2.72. The van der Waals surface area contributed by atoms with Gasteiger partial charge in [0.1, 0.15) is 5.82 Å². The molecule has 0 aliphatic rings. The van der Waals surface area contributed by atoms with Crippen molar-refractivity contribution >= 4 is 34.2 Å². The van der Waals surface area contributed by atoms with Crippen molar-refractivity contribution in [2.45, 2.75) is 46.1 Å². The predicted octanol–water partition coefficient (Wildman–Crippen LogP) is 5.47. The van der Waals surface area contributed by atoms with Crippen LogP contribution in [0.15, 0.2) is 18.2 Å². The number of halogens is 2. The summed E-state index contributed by atoms with van der Waals surface area (Å²) in [6.45, 7) is 6.79. The van der Waals surface area contributed by atoms with Gasteiger partial charge in [0.15, 0.2) is 0 Å². The Hall–Kier alpha value is -0.730. The minimum absolute atomic E-state index is 0.409. The van der Waals surface area contributed by atoms with Crippen LogP contribution in [0.4, 0.5) is 0 Å². The molecule has 20 heavy (non-hydrogen) atoms. The van der Waals surface area contributed by atoms with Gasteiger partial charge in [0.25, 0.3) is 0 Å². The highest BCUT2D eigenvalue weighted by atomic mass is 35.5. The van der Waals surface area contributed by atoms with E-state index in [0.717, 1.165) is 34.7 Å². The van der Waals surface area contributed by atoms with Crippen LogP contribution in [-0.2, 0) is 6.42 Å². The van der Waals surface area contributed by atoms with E-state index >= 15 is 0 Å². The summed E-state index contributed by atoms with van der Waals surface area (Å²) in [5, 5.41) is 0.756. The molecule has 0 saturated carbocycles. The highest BCUT2D eigenvalue weighted by molar-refractivity contribution is 6.31. The summed E-state index contributed by atoms with van der Waals surface area (Å²) in [6.07, 6.45) is 3.13. The van der Waals surface area contributed by atoms with Gasteiger partial charge in [0.2, 0.25) is 0 Å². The molecule has 2 unspecified atom stereocenters. The summed E-state index contributed by atoms with van der Waals surface area (Å²) >= 11 is 12.1. The molecule has 110 valence electrons. The maximum Gasteiger partial charge on any atom is 0.111 e. The molecule has 4 heteroatoms. The molecule has 0 bridgehead atoms. The van der Waals surface area contributed by atoms with Crippen molar-refractivity contribution in [2.75, 3.05) is 5.88 Å². The first-order chi connectivity index (χ1) is 9.56. The highest BCUT2D eigenvalue weighted by Crippen LogP contribution is 2.28. The molecule has 0 aliphatic heterocycles. The summed E-state index contributed by atoms with van der Waals surface area (Å²) in [4.78, 5) is 4.72. The zero-order valence-corrected chi connectivity index (χ0v) is 13.9. The number of alkyl halides is 1. The van der Waals surface area contributed by atoms with Gasteiger partial charge in [-0.05, 0) is 37.5 Å². The Kier molecular flexibility index (Phi) is 5.34. The van der Waals surface area contributed by atoms with Crippen molar-refractivity contribution in [1.82, 2.24) is 9.55 Å². The maximum absolute atomic E-state index is 6.15. The van der Waals surface area contributed by atoms with Gasteiger partial charge in [-0.25, -0.2) is 4.98 Å². The largest absolute Gasteiger partial charge is 0.325 e. The third-order valence-corrected chi connectivity index (χ3v) is 4.35. The Morgan fingerprint density at radius 1 is 1.30 bits per heavy atom. The van der Waals surface area contributed by atoms with Gasteiger partial charge < -0.3 is 4.57 Å². The van der Waals surface area contributed by atoms with Crippen molar-refractivity contribution < 1.29 is 0 Å². The molecule has 0 fully saturated rings. The van der Waals surface area contributed by atoms with Gasteiger partial charge in [-0.3, -0.25) is 0 Å². The first kappa shape index (κ1) is 15.7. The summed E-state index contributed by atoms with van der Waals surface area (Å²) < 4.78 is 2.32. The van der Waals surface area contributed by atoms with Crippen molar-refractivity contribution in [1.29, 1.82) is 0 Å². The fraction of sp³-hybridized carbons (Fsp3) is 0.562. The molecule has 0 N–H and O–H groups in total. The van der Waals surface area contributed by atoms with Crippen LogP contribution in [0.5, 0.6) is 0 Å². The normalized spacial score (nSPS) is 14.7. The lowest BCUT2D eigenvalue weighted by Crippen LogP contribution is -2.13. The van der Waals surface area contributed by atoms with E-state index in [4.69, 9.17) is 28.2 Å². The van der Waals surface area contributed by atoms with Crippen LogP contribution in [0.1, 0.15) is 45.5 Å². The van der Waals surface area contributed by atoms with Gasteiger partial charge in [-0.15, -0.1) is 11.6 Å². The van der Waals surface area contributed by atoms with E-state index < -0.39 is 0 Å². The molecule has 1 aromatic carbocycles. The lowest BCUT2D eigenvalue weighted by molar-refractivity contribution is 0.397. The van der Waals surface area contributed by atoms with E-state index in [1.54, 1.807) is 0 Å². The maximum atomic E-state index is 6.15. The smallest absolute Gasteiger partial charge is 0.111 e. The van der Waals surface area contributed by atoms with Crippen LogP contribution in [0.25, 0.3) is 11.0 Å². The summed E-state index contributed by atoms with van der Waals surface area (Å²) in [5.74, 6) is 2.35.